The minimum Gasteiger partial charge on any atom is -0.289 e. The molecule has 0 heterocycles. The second-order valence-electron chi connectivity index (χ2n) is 3.94. The smallest absolute Gasteiger partial charge is 0.185 e. The normalized spacial score (nSPS) is 10.3. The second kappa shape index (κ2) is 5.99. The summed E-state index contributed by atoms with van der Waals surface area (Å²) in [5.41, 5.74) is 1.88. The highest BCUT2D eigenvalue weighted by molar-refractivity contribution is 6.30. The number of hydrogen-bond acceptors (Lipinski definition) is 2. The monoisotopic (exact) mass is 267 g/mol. The molecule has 0 aliphatic rings. The summed E-state index contributed by atoms with van der Waals surface area (Å²) in [7, 11) is 0. The van der Waals surface area contributed by atoms with Gasteiger partial charge in [-0.15, -0.1) is 0 Å². The van der Waals surface area contributed by atoms with Crippen molar-refractivity contribution in [1.29, 1.82) is 5.26 Å². The number of rotatable bonds is 3. The SMILES string of the molecule is N#Cc1cccc(C(=O)/C=C/c2ccc(Cl)cc2)c1. The molecule has 0 radical (unpaired) electrons. The summed E-state index contributed by atoms with van der Waals surface area (Å²) >= 11 is 5.78. The van der Waals surface area contributed by atoms with Crippen molar-refractivity contribution in [3.63, 3.8) is 0 Å². The van der Waals surface area contributed by atoms with E-state index in [1.54, 1.807) is 42.5 Å². The Morgan fingerprint density at radius 3 is 2.58 bits per heavy atom. The summed E-state index contributed by atoms with van der Waals surface area (Å²) < 4.78 is 0. The van der Waals surface area contributed by atoms with Gasteiger partial charge >= 0.3 is 0 Å². The second-order valence-corrected chi connectivity index (χ2v) is 4.38. The maximum absolute atomic E-state index is 11.9. The number of allylic oxidation sites excluding steroid dienone is 1. The first-order valence-corrected chi connectivity index (χ1v) is 6.05. The van der Waals surface area contributed by atoms with E-state index in [2.05, 4.69) is 0 Å². The van der Waals surface area contributed by atoms with Crippen LogP contribution in [0.3, 0.4) is 0 Å². The third-order valence-corrected chi connectivity index (χ3v) is 2.83. The average Bonchev–Trinajstić information content (AvgIpc) is 2.46. The highest BCUT2D eigenvalue weighted by Crippen LogP contribution is 2.12. The number of benzene rings is 2. The number of nitrogens with zero attached hydrogens (tertiary/aromatic N) is 1. The Hall–Kier alpha value is -2.37. The molecule has 0 saturated carbocycles. The molecule has 0 unspecified atom stereocenters. The first-order chi connectivity index (χ1) is 9.19. The van der Waals surface area contributed by atoms with Crippen LogP contribution in [-0.2, 0) is 0 Å². The van der Waals surface area contributed by atoms with Crippen molar-refractivity contribution in [2.45, 2.75) is 0 Å². The van der Waals surface area contributed by atoms with E-state index in [0.717, 1.165) is 5.56 Å². The molecule has 2 rings (SSSR count). The van der Waals surface area contributed by atoms with Crippen LogP contribution < -0.4 is 0 Å². The lowest BCUT2D eigenvalue weighted by Crippen LogP contribution is -1.94. The molecule has 0 aliphatic carbocycles. The van der Waals surface area contributed by atoms with E-state index in [1.807, 2.05) is 18.2 Å². The zero-order valence-corrected chi connectivity index (χ0v) is 10.8. The molecule has 0 aromatic heterocycles. The summed E-state index contributed by atoms with van der Waals surface area (Å²) in [5, 5.41) is 9.44. The van der Waals surface area contributed by atoms with Gasteiger partial charge in [-0.2, -0.15) is 5.26 Å². The molecule has 0 atom stereocenters. The first-order valence-electron chi connectivity index (χ1n) is 5.67. The zero-order valence-electron chi connectivity index (χ0n) is 10.0. The van der Waals surface area contributed by atoms with Crippen LogP contribution >= 0.6 is 11.6 Å². The summed E-state index contributed by atoms with van der Waals surface area (Å²) in [6, 6.07) is 15.8. The standard InChI is InChI=1S/C16H10ClNO/c17-15-7-4-12(5-8-15)6-9-16(19)14-3-1-2-13(10-14)11-18/h1-10H/b9-6+. The van der Waals surface area contributed by atoms with Gasteiger partial charge in [-0.1, -0.05) is 41.9 Å². The molecular formula is C16H10ClNO. The van der Waals surface area contributed by atoms with Crippen LogP contribution in [0.4, 0.5) is 0 Å². The Bertz CT molecular complexity index is 666. The molecule has 0 spiro atoms. The van der Waals surface area contributed by atoms with E-state index < -0.39 is 0 Å². The quantitative estimate of drug-likeness (QED) is 0.620. The Morgan fingerprint density at radius 2 is 1.89 bits per heavy atom. The number of carbonyl (C=O) groups is 1. The molecule has 92 valence electrons. The van der Waals surface area contributed by atoms with Crippen molar-refractivity contribution >= 4 is 23.5 Å². The molecule has 0 saturated heterocycles. The molecule has 2 aromatic rings. The minimum atomic E-state index is -0.132. The predicted molar refractivity (Wildman–Crippen MR) is 76.0 cm³/mol. The molecule has 0 fully saturated rings. The number of halogens is 1. The third-order valence-electron chi connectivity index (χ3n) is 2.57. The van der Waals surface area contributed by atoms with E-state index in [0.29, 0.717) is 16.1 Å². The van der Waals surface area contributed by atoms with Gasteiger partial charge in [-0.25, -0.2) is 0 Å². The Morgan fingerprint density at radius 1 is 1.16 bits per heavy atom. The predicted octanol–water partition coefficient (Wildman–Crippen LogP) is 4.11. The molecule has 0 N–H and O–H groups in total. The lowest BCUT2D eigenvalue weighted by molar-refractivity contribution is 0.104. The highest BCUT2D eigenvalue weighted by atomic mass is 35.5. The molecule has 0 bridgehead atoms. The molecule has 19 heavy (non-hydrogen) atoms. The lowest BCUT2D eigenvalue weighted by atomic mass is 10.1. The molecular weight excluding hydrogens is 258 g/mol. The Labute approximate surface area is 116 Å². The van der Waals surface area contributed by atoms with Gasteiger partial charge in [-0.05, 0) is 35.9 Å². The van der Waals surface area contributed by atoms with Crippen LogP contribution in [0.5, 0.6) is 0 Å². The van der Waals surface area contributed by atoms with Gasteiger partial charge in [0.15, 0.2) is 5.78 Å². The van der Waals surface area contributed by atoms with Gasteiger partial charge in [-0.3, -0.25) is 4.79 Å². The van der Waals surface area contributed by atoms with Crippen LogP contribution in [0.25, 0.3) is 6.08 Å². The number of hydrogen-bond donors (Lipinski definition) is 0. The van der Waals surface area contributed by atoms with Crippen molar-refractivity contribution in [1.82, 2.24) is 0 Å². The molecule has 2 aromatic carbocycles. The van der Waals surface area contributed by atoms with Crippen molar-refractivity contribution in [2.24, 2.45) is 0 Å². The maximum Gasteiger partial charge on any atom is 0.185 e. The molecule has 2 nitrogen and oxygen atoms in total. The highest BCUT2D eigenvalue weighted by Gasteiger charge is 2.02. The van der Waals surface area contributed by atoms with Gasteiger partial charge in [0.25, 0.3) is 0 Å². The van der Waals surface area contributed by atoms with Gasteiger partial charge in [0.1, 0.15) is 0 Å². The van der Waals surface area contributed by atoms with E-state index in [4.69, 9.17) is 16.9 Å². The van der Waals surface area contributed by atoms with Crippen molar-refractivity contribution in [3.05, 3.63) is 76.3 Å². The van der Waals surface area contributed by atoms with Crippen LogP contribution in [0.2, 0.25) is 5.02 Å². The van der Waals surface area contributed by atoms with Gasteiger partial charge in [0, 0.05) is 10.6 Å². The van der Waals surface area contributed by atoms with Crippen molar-refractivity contribution in [2.75, 3.05) is 0 Å². The molecule has 0 aliphatic heterocycles. The van der Waals surface area contributed by atoms with E-state index in [9.17, 15) is 4.79 Å². The number of nitriles is 1. The fraction of sp³-hybridized carbons (Fsp3) is 0. The van der Waals surface area contributed by atoms with Crippen molar-refractivity contribution < 1.29 is 4.79 Å². The zero-order chi connectivity index (χ0) is 13.7. The van der Waals surface area contributed by atoms with Crippen LogP contribution in [0.1, 0.15) is 21.5 Å². The fourth-order valence-corrected chi connectivity index (χ4v) is 1.71. The lowest BCUT2D eigenvalue weighted by Gasteiger charge is -1.97. The summed E-state index contributed by atoms with van der Waals surface area (Å²) in [5.74, 6) is -0.132. The Kier molecular flexibility index (Phi) is 4.12. The third kappa shape index (κ3) is 3.54. The van der Waals surface area contributed by atoms with Crippen LogP contribution in [0, 0.1) is 11.3 Å². The topological polar surface area (TPSA) is 40.9 Å². The van der Waals surface area contributed by atoms with E-state index in [1.165, 1.54) is 6.08 Å². The number of ketones is 1. The van der Waals surface area contributed by atoms with Gasteiger partial charge in [0.2, 0.25) is 0 Å². The largest absolute Gasteiger partial charge is 0.289 e. The maximum atomic E-state index is 11.9. The molecule has 3 heteroatoms. The van der Waals surface area contributed by atoms with Crippen molar-refractivity contribution in [3.8, 4) is 6.07 Å². The van der Waals surface area contributed by atoms with E-state index >= 15 is 0 Å². The fourth-order valence-electron chi connectivity index (χ4n) is 1.58. The number of carbonyl (C=O) groups excluding carboxylic acids is 1. The summed E-state index contributed by atoms with van der Waals surface area (Å²) in [6.45, 7) is 0. The van der Waals surface area contributed by atoms with Gasteiger partial charge in [0.05, 0.1) is 11.6 Å². The van der Waals surface area contributed by atoms with Crippen LogP contribution in [0.15, 0.2) is 54.6 Å². The van der Waals surface area contributed by atoms with Gasteiger partial charge < -0.3 is 0 Å². The molecule has 0 amide bonds. The Balaban J connectivity index is 2.16. The average molecular weight is 268 g/mol. The summed E-state index contributed by atoms with van der Waals surface area (Å²) in [4.78, 5) is 11.9. The van der Waals surface area contributed by atoms with Crippen LogP contribution in [-0.4, -0.2) is 5.78 Å². The first kappa shape index (κ1) is 13.1. The minimum absolute atomic E-state index is 0.132. The summed E-state index contributed by atoms with van der Waals surface area (Å²) in [6.07, 6.45) is 3.21. The van der Waals surface area contributed by atoms with E-state index in [-0.39, 0.29) is 5.78 Å².